The van der Waals surface area contributed by atoms with E-state index in [9.17, 15) is 0 Å². The molecule has 0 spiro atoms. The topological polar surface area (TPSA) is 0 Å². The second-order valence-corrected chi connectivity index (χ2v) is 3.59. The third-order valence-electron chi connectivity index (χ3n) is 2.67. The van der Waals surface area contributed by atoms with Gasteiger partial charge >= 0.3 is 0 Å². The minimum Gasteiger partial charge on any atom is -0.0807 e. The first-order valence-corrected chi connectivity index (χ1v) is 4.56. The molecule has 0 bridgehead atoms. The van der Waals surface area contributed by atoms with Crippen LogP contribution in [0.4, 0.5) is 0 Å². The van der Waals surface area contributed by atoms with Crippen LogP contribution in [0.5, 0.6) is 0 Å². The lowest BCUT2D eigenvalue weighted by atomic mass is 9.84. The molecular formula is C12H14. The van der Waals surface area contributed by atoms with Crippen molar-refractivity contribution in [1.29, 1.82) is 0 Å². The third-order valence-corrected chi connectivity index (χ3v) is 2.67. The molecule has 0 saturated heterocycles. The van der Waals surface area contributed by atoms with Crippen LogP contribution in [-0.4, -0.2) is 0 Å². The van der Waals surface area contributed by atoms with Crippen molar-refractivity contribution in [3.63, 3.8) is 0 Å². The fraction of sp³-hybridized carbons (Fsp3) is 0.333. The van der Waals surface area contributed by atoms with Gasteiger partial charge in [0.15, 0.2) is 0 Å². The molecule has 0 aromatic heterocycles. The highest BCUT2D eigenvalue weighted by Gasteiger charge is 2.15. The van der Waals surface area contributed by atoms with Crippen LogP contribution in [-0.2, 0) is 0 Å². The highest BCUT2D eigenvalue weighted by atomic mass is 14.2. The van der Waals surface area contributed by atoms with E-state index in [4.69, 9.17) is 0 Å². The number of fused-ring (bicyclic) bond motifs is 1. The maximum absolute atomic E-state index is 2.30. The van der Waals surface area contributed by atoms with E-state index in [0.29, 0.717) is 11.8 Å². The van der Waals surface area contributed by atoms with E-state index in [2.05, 4.69) is 50.3 Å². The van der Waals surface area contributed by atoms with Crippen LogP contribution >= 0.6 is 0 Å². The Labute approximate surface area is 73.9 Å². The van der Waals surface area contributed by atoms with Crippen LogP contribution < -0.4 is 0 Å². The molecule has 1 aromatic carbocycles. The second-order valence-electron chi connectivity index (χ2n) is 3.59. The van der Waals surface area contributed by atoms with Crippen LogP contribution in [0.1, 0.15) is 36.8 Å². The maximum atomic E-state index is 2.30. The molecular weight excluding hydrogens is 144 g/mol. The average molecular weight is 158 g/mol. The van der Waals surface area contributed by atoms with Gasteiger partial charge in [0.1, 0.15) is 0 Å². The van der Waals surface area contributed by atoms with Gasteiger partial charge in [-0.25, -0.2) is 0 Å². The highest BCUT2D eigenvalue weighted by molar-refractivity contribution is 5.40. The zero-order valence-corrected chi connectivity index (χ0v) is 7.62. The van der Waals surface area contributed by atoms with Crippen LogP contribution in [0.25, 0.3) is 0 Å². The standard InChI is InChI=1S/C12H14/c1-9-7-8-10(2)12-6-4-3-5-11(9)12/h3-10H,1-2H3. The van der Waals surface area contributed by atoms with Crippen molar-refractivity contribution < 1.29 is 0 Å². The zero-order chi connectivity index (χ0) is 8.55. The summed E-state index contributed by atoms with van der Waals surface area (Å²) in [4.78, 5) is 0. The molecule has 0 N–H and O–H groups in total. The summed E-state index contributed by atoms with van der Waals surface area (Å²) in [5.74, 6) is 1.19. The highest BCUT2D eigenvalue weighted by Crippen LogP contribution is 2.32. The van der Waals surface area contributed by atoms with Crippen molar-refractivity contribution in [3.05, 3.63) is 47.5 Å². The number of rotatable bonds is 0. The van der Waals surface area contributed by atoms with Crippen molar-refractivity contribution in [3.8, 4) is 0 Å². The van der Waals surface area contributed by atoms with E-state index in [-0.39, 0.29) is 0 Å². The average Bonchev–Trinajstić information content (AvgIpc) is 2.12. The third kappa shape index (κ3) is 1.08. The molecule has 0 aliphatic heterocycles. The smallest absolute Gasteiger partial charge is 0.000727 e. The Balaban J connectivity index is 2.54. The van der Waals surface area contributed by atoms with Crippen LogP contribution in [0.15, 0.2) is 36.4 Å². The molecule has 0 fully saturated rings. The molecule has 1 aromatic rings. The molecule has 2 unspecified atom stereocenters. The molecule has 2 atom stereocenters. The van der Waals surface area contributed by atoms with Gasteiger partial charge in [-0.2, -0.15) is 0 Å². The Bertz CT molecular complexity index is 279. The van der Waals surface area contributed by atoms with Gasteiger partial charge in [-0.15, -0.1) is 0 Å². The number of hydrogen-bond acceptors (Lipinski definition) is 0. The molecule has 12 heavy (non-hydrogen) atoms. The predicted octanol–water partition coefficient (Wildman–Crippen LogP) is 3.46. The van der Waals surface area contributed by atoms with Gasteiger partial charge in [0.2, 0.25) is 0 Å². The second kappa shape index (κ2) is 2.78. The summed E-state index contributed by atoms with van der Waals surface area (Å²) in [7, 11) is 0. The van der Waals surface area contributed by atoms with E-state index < -0.39 is 0 Å². The van der Waals surface area contributed by atoms with Crippen LogP contribution in [0.2, 0.25) is 0 Å². The molecule has 1 aliphatic rings. The number of allylic oxidation sites excluding steroid dienone is 2. The van der Waals surface area contributed by atoms with Crippen LogP contribution in [0.3, 0.4) is 0 Å². The predicted molar refractivity (Wildman–Crippen MR) is 52.4 cm³/mol. The summed E-state index contributed by atoms with van der Waals surface area (Å²) < 4.78 is 0. The van der Waals surface area contributed by atoms with Crippen molar-refractivity contribution in [2.45, 2.75) is 25.7 Å². The van der Waals surface area contributed by atoms with E-state index in [1.165, 1.54) is 11.1 Å². The van der Waals surface area contributed by atoms with E-state index in [0.717, 1.165) is 0 Å². The first-order valence-electron chi connectivity index (χ1n) is 4.56. The minimum absolute atomic E-state index is 0.595. The van der Waals surface area contributed by atoms with Crippen molar-refractivity contribution >= 4 is 0 Å². The first kappa shape index (κ1) is 7.60. The summed E-state index contributed by atoms with van der Waals surface area (Å²) in [6.07, 6.45) is 4.60. The van der Waals surface area contributed by atoms with E-state index >= 15 is 0 Å². The maximum Gasteiger partial charge on any atom is -0.000727 e. The number of benzene rings is 1. The molecule has 0 amide bonds. The number of hydrogen-bond donors (Lipinski definition) is 0. The molecule has 0 nitrogen and oxygen atoms in total. The largest absolute Gasteiger partial charge is 0.0807 e. The lowest BCUT2D eigenvalue weighted by molar-refractivity contribution is 0.832. The first-order chi connectivity index (χ1) is 5.79. The monoisotopic (exact) mass is 158 g/mol. The normalized spacial score (nSPS) is 26.8. The lowest BCUT2D eigenvalue weighted by Gasteiger charge is -2.21. The van der Waals surface area contributed by atoms with Crippen molar-refractivity contribution in [1.82, 2.24) is 0 Å². The van der Waals surface area contributed by atoms with Gasteiger partial charge in [-0.05, 0) is 23.0 Å². The molecule has 1 aliphatic carbocycles. The van der Waals surface area contributed by atoms with Gasteiger partial charge < -0.3 is 0 Å². The fourth-order valence-electron chi connectivity index (χ4n) is 1.88. The molecule has 2 rings (SSSR count). The summed E-state index contributed by atoms with van der Waals surface area (Å²) in [5, 5.41) is 0. The summed E-state index contributed by atoms with van der Waals surface area (Å²) in [6.45, 7) is 4.50. The molecule has 0 heterocycles. The molecule has 0 saturated carbocycles. The Kier molecular flexibility index (Phi) is 1.76. The van der Waals surface area contributed by atoms with Gasteiger partial charge in [0.05, 0.1) is 0 Å². The van der Waals surface area contributed by atoms with Gasteiger partial charge in [0.25, 0.3) is 0 Å². The van der Waals surface area contributed by atoms with Crippen LogP contribution in [0, 0.1) is 0 Å². The minimum atomic E-state index is 0.595. The van der Waals surface area contributed by atoms with Gasteiger partial charge in [0, 0.05) is 0 Å². The summed E-state index contributed by atoms with van der Waals surface area (Å²) >= 11 is 0. The Morgan fingerprint density at radius 3 is 1.67 bits per heavy atom. The fourth-order valence-corrected chi connectivity index (χ4v) is 1.88. The Morgan fingerprint density at radius 2 is 1.25 bits per heavy atom. The Morgan fingerprint density at radius 1 is 0.833 bits per heavy atom. The molecule has 0 heteroatoms. The van der Waals surface area contributed by atoms with E-state index in [1.807, 2.05) is 0 Å². The summed E-state index contributed by atoms with van der Waals surface area (Å²) in [6, 6.07) is 8.72. The quantitative estimate of drug-likeness (QED) is 0.507. The lowest BCUT2D eigenvalue weighted by Crippen LogP contribution is -2.04. The molecule has 62 valence electrons. The SMILES string of the molecule is CC1C=CC(C)c2ccccc21. The molecule has 0 radical (unpaired) electrons. The summed E-state index contributed by atoms with van der Waals surface area (Å²) in [5.41, 5.74) is 2.99. The van der Waals surface area contributed by atoms with Gasteiger partial charge in [-0.1, -0.05) is 50.3 Å². The van der Waals surface area contributed by atoms with Crippen molar-refractivity contribution in [2.24, 2.45) is 0 Å². The van der Waals surface area contributed by atoms with Gasteiger partial charge in [-0.3, -0.25) is 0 Å². The van der Waals surface area contributed by atoms with E-state index in [1.54, 1.807) is 0 Å². The van der Waals surface area contributed by atoms with Crippen molar-refractivity contribution in [2.75, 3.05) is 0 Å². The Hall–Kier alpha value is -1.04. The zero-order valence-electron chi connectivity index (χ0n) is 7.62.